The minimum Gasteiger partial charge on any atom is -0.346 e. The van der Waals surface area contributed by atoms with E-state index in [1.54, 1.807) is 12.1 Å². The minimum absolute atomic E-state index is 0.0859. The smallest absolute Gasteiger partial charge is 0.315 e. The molecule has 0 bridgehead atoms. The highest BCUT2D eigenvalue weighted by molar-refractivity contribution is 5.92. The van der Waals surface area contributed by atoms with Crippen molar-refractivity contribution in [2.75, 3.05) is 11.9 Å². The SMILES string of the molecule is Cc1cc(C)n(CCNC(=O)c2nc(CC(=O)Nc3ccccc3)no2)n1. The molecule has 27 heavy (non-hydrogen) atoms. The fraction of sp³-hybridized carbons (Fsp3) is 0.278. The normalized spacial score (nSPS) is 10.6. The van der Waals surface area contributed by atoms with Gasteiger partial charge in [0.25, 0.3) is 0 Å². The molecular formula is C18H20N6O3. The summed E-state index contributed by atoms with van der Waals surface area (Å²) in [7, 11) is 0. The number of hydrogen-bond acceptors (Lipinski definition) is 6. The number of hydrogen-bond donors (Lipinski definition) is 2. The number of carbonyl (C=O) groups is 2. The van der Waals surface area contributed by atoms with Crippen molar-refractivity contribution in [1.29, 1.82) is 0 Å². The number of anilines is 1. The van der Waals surface area contributed by atoms with E-state index in [9.17, 15) is 9.59 Å². The van der Waals surface area contributed by atoms with Crippen molar-refractivity contribution < 1.29 is 14.1 Å². The summed E-state index contributed by atoms with van der Waals surface area (Å²) in [6.45, 7) is 4.77. The average Bonchev–Trinajstić information content (AvgIpc) is 3.22. The lowest BCUT2D eigenvalue weighted by Crippen LogP contribution is -2.28. The van der Waals surface area contributed by atoms with Gasteiger partial charge in [-0.15, -0.1) is 0 Å². The molecule has 2 N–H and O–H groups in total. The first kappa shape index (κ1) is 18.3. The molecule has 0 saturated heterocycles. The number of carbonyl (C=O) groups excluding carboxylic acids is 2. The van der Waals surface area contributed by atoms with Crippen molar-refractivity contribution in [3.05, 3.63) is 59.5 Å². The number of aryl methyl sites for hydroxylation is 2. The number of amides is 2. The topological polar surface area (TPSA) is 115 Å². The maximum absolute atomic E-state index is 12.1. The second-order valence-electron chi connectivity index (χ2n) is 6.01. The van der Waals surface area contributed by atoms with Crippen LogP contribution in [0.3, 0.4) is 0 Å². The average molecular weight is 368 g/mol. The van der Waals surface area contributed by atoms with E-state index in [0.717, 1.165) is 11.4 Å². The van der Waals surface area contributed by atoms with Crippen LogP contribution in [-0.2, 0) is 17.8 Å². The third-order valence-electron chi connectivity index (χ3n) is 3.75. The number of rotatable bonds is 7. The zero-order valence-corrected chi connectivity index (χ0v) is 15.1. The summed E-state index contributed by atoms with van der Waals surface area (Å²) in [4.78, 5) is 28.0. The molecule has 0 aliphatic rings. The molecule has 0 fully saturated rings. The summed E-state index contributed by atoms with van der Waals surface area (Å²) in [6, 6.07) is 11.0. The zero-order chi connectivity index (χ0) is 19.2. The molecule has 0 aliphatic carbocycles. The number of nitrogens with zero attached hydrogens (tertiary/aromatic N) is 4. The molecule has 3 rings (SSSR count). The molecule has 9 heteroatoms. The van der Waals surface area contributed by atoms with Crippen molar-refractivity contribution in [2.45, 2.75) is 26.8 Å². The van der Waals surface area contributed by atoms with Gasteiger partial charge in [-0.2, -0.15) is 10.1 Å². The quantitative estimate of drug-likeness (QED) is 0.653. The second-order valence-corrected chi connectivity index (χ2v) is 6.01. The van der Waals surface area contributed by atoms with Crippen LogP contribution >= 0.6 is 0 Å². The Kier molecular flexibility index (Phi) is 5.60. The molecule has 0 unspecified atom stereocenters. The van der Waals surface area contributed by atoms with Crippen molar-refractivity contribution in [3.63, 3.8) is 0 Å². The largest absolute Gasteiger partial charge is 0.346 e. The van der Waals surface area contributed by atoms with E-state index in [1.165, 1.54) is 0 Å². The van der Waals surface area contributed by atoms with Crippen LogP contribution in [0.4, 0.5) is 5.69 Å². The predicted octanol–water partition coefficient (Wildman–Crippen LogP) is 1.49. The number of aromatic nitrogens is 4. The van der Waals surface area contributed by atoms with Crippen molar-refractivity contribution >= 4 is 17.5 Å². The van der Waals surface area contributed by atoms with E-state index < -0.39 is 5.91 Å². The van der Waals surface area contributed by atoms with Crippen LogP contribution in [-0.4, -0.2) is 38.3 Å². The van der Waals surface area contributed by atoms with Gasteiger partial charge < -0.3 is 15.2 Å². The Morgan fingerprint density at radius 2 is 1.96 bits per heavy atom. The van der Waals surface area contributed by atoms with Gasteiger partial charge in [-0.3, -0.25) is 14.3 Å². The maximum Gasteiger partial charge on any atom is 0.315 e. The monoisotopic (exact) mass is 368 g/mol. The van der Waals surface area contributed by atoms with Crippen molar-refractivity contribution in [3.8, 4) is 0 Å². The first-order valence-corrected chi connectivity index (χ1v) is 8.48. The zero-order valence-electron chi connectivity index (χ0n) is 15.1. The van der Waals surface area contributed by atoms with Gasteiger partial charge in [0.15, 0.2) is 5.82 Å². The van der Waals surface area contributed by atoms with Crippen LogP contribution in [0.5, 0.6) is 0 Å². The van der Waals surface area contributed by atoms with Gasteiger partial charge in [-0.1, -0.05) is 23.4 Å². The van der Waals surface area contributed by atoms with Gasteiger partial charge >= 0.3 is 11.8 Å². The van der Waals surface area contributed by atoms with Crippen LogP contribution in [0.1, 0.15) is 27.9 Å². The Hall–Kier alpha value is -3.49. The molecule has 0 atom stereocenters. The van der Waals surface area contributed by atoms with Gasteiger partial charge in [0, 0.05) is 17.9 Å². The molecule has 140 valence electrons. The Labute approximate surface area is 155 Å². The van der Waals surface area contributed by atoms with E-state index >= 15 is 0 Å². The summed E-state index contributed by atoms with van der Waals surface area (Å²) in [5, 5.41) is 13.4. The Bertz CT molecular complexity index is 932. The standard InChI is InChI=1S/C18H20N6O3/c1-12-10-13(2)24(22-12)9-8-19-17(26)18-21-15(23-27-18)11-16(25)20-14-6-4-3-5-7-14/h3-7,10H,8-9,11H2,1-2H3,(H,19,26)(H,20,25). The minimum atomic E-state index is -0.487. The van der Waals surface area contributed by atoms with E-state index in [0.29, 0.717) is 18.8 Å². The number of nitrogens with one attached hydrogen (secondary N) is 2. The number of benzene rings is 1. The molecule has 0 radical (unpaired) electrons. The van der Waals surface area contributed by atoms with E-state index in [4.69, 9.17) is 4.52 Å². The lowest BCUT2D eigenvalue weighted by Gasteiger charge is -2.04. The van der Waals surface area contributed by atoms with Crippen LogP contribution in [0.2, 0.25) is 0 Å². The highest BCUT2D eigenvalue weighted by Crippen LogP contribution is 2.06. The summed E-state index contributed by atoms with van der Waals surface area (Å²) >= 11 is 0. The van der Waals surface area contributed by atoms with Crippen molar-refractivity contribution in [1.82, 2.24) is 25.2 Å². The van der Waals surface area contributed by atoms with E-state index in [-0.39, 0.29) is 24.0 Å². The van der Waals surface area contributed by atoms with Crippen molar-refractivity contribution in [2.24, 2.45) is 0 Å². The fourth-order valence-electron chi connectivity index (χ4n) is 2.54. The predicted molar refractivity (Wildman–Crippen MR) is 97.1 cm³/mol. The molecule has 3 aromatic rings. The van der Waals surface area contributed by atoms with Crippen LogP contribution in [0.25, 0.3) is 0 Å². The van der Waals surface area contributed by atoms with Gasteiger partial charge in [0.05, 0.1) is 18.7 Å². The summed E-state index contributed by atoms with van der Waals surface area (Å²) in [5.41, 5.74) is 2.62. The third kappa shape index (κ3) is 5.00. The van der Waals surface area contributed by atoms with E-state index in [2.05, 4.69) is 25.9 Å². The molecule has 2 heterocycles. The Morgan fingerprint density at radius 3 is 2.67 bits per heavy atom. The second kappa shape index (κ2) is 8.26. The molecule has 2 amide bonds. The van der Waals surface area contributed by atoms with Gasteiger partial charge in [-0.25, -0.2) is 0 Å². The molecule has 1 aromatic carbocycles. The lowest BCUT2D eigenvalue weighted by molar-refractivity contribution is -0.115. The molecule has 0 aliphatic heterocycles. The number of para-hydroxylation sites is 1. The van der Waals surface area contributed by atoms with Crippen LogP contribution in [0, 0.1) is 13.8 Å². The molecular weight excluding hydrogens is 348 g/mol. The Morgan fingerprint density at radius 1 is 1.19 bits per heavy atom. The summed E-state index contributed by atoms with van der Waals surface area (Å²) in [6.07, 6.45) is -0.0859. The summed E-state index contributed by atoms with van der Waals surface area (Å²) < 4.78 is 6.74. The first-order valence-electron chi connectivity index (χ1n) is 8.48. The molecule has 0 saturated carbocycles. The van der Waals surface area contributed by atoms with Crippen LogP contribution in [0.15, 0.2) is 40.9 Å². The molecule has 0 spiro atoms. The lowest BCUT2D eigenvalue weighted by atomic mass is 10.3. The fourth-order valence-corrected chi connectivity index (χ4v) is 2.54. The Balaban J connectivity index is 1.48. The maximum atomic E-state index is 12.1. The van der Waals surface area contributed by atoms with Gasteiger partial charge in [0.1, 0.15) is 0 Å². The van der Waals surface area contributed by atoms with Crippen LogP contribution < -0.4 is 10.6 Å². The van der Waals surface area contributed by atoms with Gasteiger partial charge in [0.2, 0.25) is 5.91 Å². The van der Waals surface area contributed by atoms with Gasteiger partial charge in [-0.05, 0) is 32.0 Å². The summed E-state index contributed by atoms with van der Waals surface area (Å²) in [5.74, 6) is -0.810. The van der Waals surface area contributed by atoms with E-state index in [1.807, 2.05) is 42.8 Å². The molecule has 9 nitrogen and oxygen atoms in total. The first-order chi connectivity index (χ1) is 13.0. The molecule has 2 aromatic heterocycles. The highest BCUT2D eigenvalue weighted by atomic mass is 16.5. The highest BCUT2D eigenvalue weighted by Gasteiger charge is 2.17. The third-order valence-corrected chi connectivity index (χ3v) is 3.75.